The van der Waals surface area contributed by atoms with Gasteiger partial charge in [0.15, 0.2) is 0 Å². The Hall–Kier alpha value is -0.260. The summed E-state index contributed by atoms with van der Waals surface area (Å²) in [6.07, 6.45) is 1.63. The molecule has 0 aromatic heterocycles. The van der Waals surface area contributed by atoms with Gasteiger partial charge in [-0.05, 0) is 25.9 Å². The Bertz CT molecular complexity index is 219. The second-order valence-corrected chi connectivity index (χ2v) is 4.55. The van der Waals surface area contributed by atoms with Gasteiger partial charge in [0, 0.05) is 18.5 Å². The molecule has 0 bridgehead atoms. The lowest BCUT2D eigenvalue weighted by molar-refractivity contribution is 0.00589. The molecule has 0 spiro atoms. The molecule has 2 heterocycles. The Morgan fingerprint density at radius 2 is 2.00 bits per heavy atom. The van der Waals surface area contributed by atoms with Crippen LogP contribution in [-0.2, 0) is 0 Å². The van der Waals surface area contributed by atoms with Gasteiger partial charge in [0.2, 0.25) is 0 Å². The molecule has 0 saturated carbocycles. The number of nitrogens with one attached hydrogen (secondary N) is 1. The van der Waals surface area contributed by atoms with Crippen molar-refractivity contribution in [2.24, 2.45) is 0 Å². The third kappa shape index (κ3) is 2.46. The number of hydrogen-bond donors (Lipinski definition) is 2. The van der Waals surface area contributed by atoms with Crippen molar-refractivity contribution in [3.63, 3.8) is 0 Å². The molecule has 0 aromatic rings. The molecule has 0 aromatic carbocycles. The smallest absolute Gasteiger partial charge is 0.262 e. The van der Waals surface area contributed by atoms with E-state index in [0.717, 1.165) is 25.9 Å². The van der Waals surface area contributed by atoms with Crippen LogP contribution >= 0.6 is 0 Å². The third-order valence-corrected chi connectivity index (χ3v) is 3.41. The van der Waals surface area contributed by atoms with Crippen molar-refractivity contribution >= 4 is 0 Å². The van der Waals surface area contributed by atoms with E-state index in [0.29, 0.717) is 0 Å². The summed E-state index contributed by atoms with van der Waals surface area (Å²) < 4.78 is 26.4. The molecule has 2 fully saturated rings. The molecule has 1 unspecified atom stereocenters. The highest BCUT2D eigenvalue weighted by Crippen LogP contribution is 2.34. The number of piperidine rings is 1. The molecular formula is C10H18F2N2O. The van der Waals surface area contributed by atoms with Gasteiger partial charge in [0.05, 0.1) is 13.2 Å². The third-order valence-electron chi connectivity index (χ3n) is 3.41. The molecule has 0 amide bonds. The molecule has 15 heavy (non-hydrogen) atoms. The zero-order valence-corrected chi connectivity index (χ0v) is 8.75. The number of alkyl halides is 2. The maximum atomic E-state index is 13.2. The number of halogens is 2. The van der Waals surface area contributed by atoms with Crippen molar-refractivity contribution in [2.75, 3.05) is 26.2 Å². The highest BCUT2D eigenvalue weighted by molar-refractivity contribution is 4.94. The van der Waals surface area contributed by atoms with Crippen LogP contribution in [0.4, 0.5) is 8.78 Å². The highest BCUT2D eigenvalue weighted by atomic mass is 19.3. The highest BCUT2D eigenvalue weighted by Gasteiger charge is 2.46. The van der Waals surface area contributed by atoms with E-state index in [1.54, 1.807) is 4.90 Å². The predicted molar refractivity (Wildman–Crippen MR) is 53.0 cm³/mol. The summed E-state index contributed by atoms with van der Waals surface area (Å²) in [7, 11) is 0. The van der Waals surface area contributed by atoms with Gasteiger partial charge in [0.1, 0.15) is 0 Å². The summed E-state index contributed by atoms with van der Waals surface area (Å²) in [5, 5.41) is 12.3. The SMILES string of the molecule is OCC1CC(F)(F)CN1C1CCNCC1. The standard InChI is InChI=1S/C10H18F2N2O/c11-10(12)5-9(6-15)14(7-10)8-1-3-13-4-2-8/h8-9,13,15H,1-7H2. The Morgan fingerprint density at radius 1 is 1.33 bits per heavy atom. The van der Waals surface area contributed by atoms with Crippen LogP contribution in [0.25, 0.3) is 0 Å². The molecule has 1 atom stereocenters. The first-order valence-corrected chi connectivity index (χ1v) is 5.57. The number of likely N-dealkylation sites (tertiary alicyclic amines) is 1. The molecule has 2 saturated heterocycles. The summed E-state index contributed by atoms with van der Waals surface area (Å²) in [6, 6.07) is -0.125. The van der Waals surface area contributed by atoms with Crippen LogP contribution in [0.3, 0.4) is 0 Å². The zero-order valence-electron chi connectivity index (χ0n) is 8.75. The van der Waals surface area contributed by atoms with E-state index < -0.39 is 5.92 Å². The lowest BCUT2D eigenvalue weighted by Gasteiger charge is -2.34. The van der Waals surface area contributed by atoms with Crippen LogP contribution in [0, 0.1) is 0 Å². The minimum absolute atomic E-state index is 0.153. The molecular weight excluding hydrogens is 202 g/mol. The Labute approximate surface area is 88.4 Å². The van der Waals surface area contributed by atoms with Crippen LogP contribution < -0.4 is 5.32 Å². The minimum Gasteiger partial charge on any atom is -0.395 e. The normalized spacial score (nSPS) is 33.4. The van der Waals surface area contributed by atoms with Crippen LogP contribution in [0.1, 0.15) is 19.3 Å². The summed E-state index contributed by atoms with van der Waals surface area (Å²) in [5.74, 6) is -2.61. The second kappa shape index (κ2) is 4.31. The number of hydrogen-bond acceptors (Lipinski definition) is 3. The monoisotopic (exact) mass is 220 g/mol. The fourth-order valence-electron chi connectivity index (χ4n) is 2.66. The molecule has 2 aliphatic heterocycles. The molecule has 2 aliphatic rings. The van der Waals surface area contributed by atoms with Gasteiger partial charge in [0.25, 0.3) is 5.92 Å². The number of rotatable bonds is 2. The summed E-state index contributed by atoms with van der Waals surface area (Å²) in [5.41, 5.74) is 0. The van der Waals surface area contributed by atoms with Crippen molar-refractivity contribution in [1.82, 2.24) is 10.2 Å². The molecule has 5 heteroatoms. The Balaban J connectivity index is 2.00. The van der Waals surface area contributed by atoms with E-state index in [2.05, 4.69) is 5.32 Å². The zero-order chi connectivity index (χ0) is 10.9. The van der Waals surface area contributed by atoms with Crippen molar-refractivity contribution in [3.8, 4) is 0 Å². The average molecular weight is 220 g/mol. The first kappa shape index (κ1) is 11.2. The molecule has 0 aliphatic carbocycles. The van der Waals surface area contributed by atoms with E-state index >= 15 is 0 Å². The molecule has 2 rings (SSSR count). The maximum Gasteiger partial charge on any atom is 0.262 e. The van der Waals surface area contributed by atoms with Crippen molar-refractivity contribution < 1.29 is 13.9 Å². The van der Waals surface area contributed by atoms with Gasteiger partial charge in [-0.25, -0.2) is 8.78 Å². The lowest BCUT2D eigenvalue weighted by Crippen LogP contribution is -2.46. The predicted octanol–water partition coefficient (Wildman–Crippen LogP) is 0.440. The molecule has 88 valence electrons. The van der Waals surface area contributed by atoms with Gasteiger partial charge in [-0.1, -0.05) is 0 Å². The average Bonchev–Trinajstić information content (AvgIpc) is 2.55. The first-order chi connectivity index (χ1) is 7.12. The number of aliphatic hydroxyl groups excluding tert-OH is 1. The lowest BCUT2D eigenvalue weighted by atomic mass is 10.0. The second-order valence-electron chi connectivity index (χ2n) is 4.55. The molecule has 3 nitrogen and oxygen atoms in total. The van der Waals surface area contributed by atoms with E-state index in [-0.39, 0.29) is 31.7 Å². The van der Waals surface area contributed by atoms with E-state index in [1.165, 1.54) is 0 Å². The van der Waals surface area contributed by atoms with Crippen molar-refractivity contribution in [2.45, 2.75) is 37.3 Å². The fraction of sp³-hybridized carbons (Fsp3) is 1.00. The van der Waals surface area contributed by atoms with E-state index in [9.17, 15) is 8.78 Å². The van der Waals surface area contributed by atoms with Crippen LogP contribution in [0.15, 0.2) is 0 Å². The first-order valence-electron chi connectivity index (χ1n) is 5.57. The topological polar surface area (TPSA) is 35.5 Å². The van der Waals surface area contributed by atoms with Gasteiger partial charge >= 0.3 is 0 Å². The van der Waals surface area contributed by atoms with E-state index in [1.807, 2.05) is 0 Å². The fourth-order valence-corrected chi connectivity index (χ4v) is 2.66. The van der Waals surface area contributed by atoms with Gasteiger partial charge in [-0.3, -0.25) is 4.90 Å². The minimum atomic E-state index is -2.61. The summed E-state index contributed by atoms with van der Waals surface area (Å²) >= 11 is 0. The Morgan fingerprint density at radius 3 is 2.60 bits per heavy atom. The van der Waals surface area contributed by atoms with Gasteiger partial charge in [-0.15, -0.1) is 0 Å². The van der Waals surface area contributed by atoms with Crippen LogP contribution in [-0.4, -0.2) is 54.3 Å². The van der Waals surface area contributed by atoms with Gasteiger partial charge < -0.3 is 10.4 Å². The van der Waals surface area contributed by atoms with Crippen molar-refractivity contribution in [3.05, 3.63) is 0 Å². The van der Waals surface area contributed by atoms with Gasteiger partial charge in [-0.2, -0.15) is 0 Å². The van der Waals surface area contributed by atoms with Crippen LogP contribution in [0.5, 0.6) is 0 Å². The van der Waals surface area contributed by atoms with Crippen LogP contribution in [0.2, 0.25) is 0 Å². The summed E-state index contributed by atoms with van der Waals surface area (Å²) in [6.45, 7) is 1.46. The largest absolute Gasteiger partial charge is 0.395 e. The molecule has 0 radical (unpaired) electrons. The number of nitrogens with zero attached hydrogens (tertiary/aromatic N) is 1. The van der Waals surface area contributed by atoms with E-state index in [4.69, 9.17) is 5.11 Å². The number of aliphatic hydroxyl groups is 1. The maximum absolute atomic E-state index is 13.2. The quantitative estimate of drug-likeness (QED) is 0.709. The Kier molecular flexibility index (Phi) is 3.23. The summed E-state index contributed by atoms with van der Waals surface area (Å²) in [4.78, 5) is 1.81. The van der Waals surface area contributed by atoms with Crippen molar-refractivity contribution in [1.29, 1.82) is 0 Å². The molecule has 2 N–H and O–H groups in total.